The molecule has 1 aromatic heterocycles. The summed E-state index contributed by atoms with van der Waals surface area (Å²) in [5.41, 5.74) is 5.46. The summed E-state index contributed by atoms with van der Waals surface area (Å²) < 4.78 is 5.69. The molecule has 0 amide bonds. The van der Waals surface area contributed by atoms with Gasteiger partial charge >= 0.3 is 0 Å². The van der Waals surface area contributed by atoms with Gasteiger partial charge in [-0.05, 0) is 44.8 Å². The Morgan fingerprint density at radius 3 is 3.25 bits per heavy atom. The number of rotatable bonds is 5. The highest BCUT2D eigenvalue weighted by molar-refractivity contribution is 4.95. The second kappa shape index (κ2) is 6.01. The molecule has 90 valence electrons. The van der Waals surface area contributed by atoms with Gasteiger partial charge in [0.15, 0.2) is 5.89 Å². The number of nitrogens with two attached hydrogens (primary N) is 1. The van der Waals surface area contributed by atoms with Crippen molar-refractivity contribution in [2.45, 2.75) is 32.1 Å². The number of aryl methyl sites for hydroxylation is 1. The molecule has 2 heterocycles. The Morgan fingerprint density at radius 1 is 1.56 bits per heavy atom. The second-order valence-electron chi connectivity index (χ2n) is 4.53. The van der Waals surface area contributed by atoms with Crippen LogP contribution in [0.15, 0.2) is 10.6 Å². The van der Waals surface area contributed by atoms with Crippen LogP contribution in [0.5, 0.6) is 0 Å². The molecule has 1 saturated heterocycles. The first-order valence-corrected chi connectivity index (χ1v) is 6.23. The van der Waals surface area contributed by atoms with Crippen molar-refractivity contribution in [1.29, 1.82) is 0 Å². The maximum absolute atomic E-state index is 5.69. The molecule has 4 nitrogen and oxygen atoms in total. The fourth-order valence-corrected chi connectivity index (χ4v) is 2.18. The molecule has 3 N–H and O–H groups in total. The van der Waals surface area contributed by atoms with E-state index in [1.807, 2.05) is 6.20 Å². The Labute approximate surface area is 96.6 Å². The topological polar surface area (TPSA) is 64.1 Å². The van der Waals surface area contributed by atoms with Gasteiger partial charge in [-0.3, -0.25) is 0 Å². The van der Waals surface area contributed by atoms with E-state index in [1.54, 1.807) is 0 Å². The number of hydrogen-bond donors (Lipinski definition) is 2. The highest BCUT2D eigenvalue weighted by atomic mass is 16.4. The Kier molecular flexibility index (Phi) is 4.36. The summed E-state index contributed by atoms with van der Waals surface area (Å²) in [6.45, 7) is 2.97. The van der Waals surface area contributed by atoms with Gasteiger partial charge in [0.2, 0.25) is 0 Å². The predicted molar refractivity (Wildman–Crippen MR) is 63.2 cm³/mol. The Balaban J connectivity index is 1.81. The van der Waals surface area contributed by atoms with Crippen molar-refractivity contribution in [1.82, 2.24) is 10.3 Å². The molecule has 16 heavy (non-hydrogen) atoms. The van der Waals surface area contributed by atoms with Gasteiger partial charge in [-0.25, -0.2) is 4.98 Å². The van der Waals surface area contributed by atoms with Crippen molar-refractivity contribution in [2.75, 3.05) is 19.6 Å². The summed E-state index contributed by atoms with van der Waals surface area (Å²) in [7, 11) is 0. The molecule has 0 bridgehead atoms. The van der Waals surface area contributed by atoms with Gasteiger partial charge in [0, 0.05) is 12.8 Å². The summed E-state index contributed by atoms with van der Waals surface area (Å²) >= 11 is 0. The minimum absolute atomic E-state index is 0.690. The van der Waals surface area contributed by atoms with Crippen LogP contribution in [0, 0.1) is 5.92 Å². The molecule has 2 rings (SSSR count). The number of nitrogens with zero attached hydrogens (tertiary/aromatic N) is 1. The summed E-state index contributed by atoms with van der Waals surface area (Å²) in [5.74, 6) is 2.56. The van der Waals surface area contributed by atoms with Crippen molar-refractivity contribution in [2.24, 2.45) is 11.7 Å². The molecule has 4 heteroatoms. The maximum Gasteiger partial charge on any atom is 0.194 e. The number of hydrogen-bond acceptors (Lipinski definition) is 4. The first-order chi connectivity index (χ1) is 7.88. The zero-order valence-corrected chi connectivity index (χ0v) is 9.74. The molecule has 0 saturated carbocycles. The van der Waals surface area contributed by atoms with E-state index in [0.717, 1.165) is 44.0 Å². The number of piperidine rings is 1. The van der Waals surface area contributed by atoms with E-state index < -0.39 is 0 Å². The lowest BCUT2D eigenvalue weighted by molar-refractivity contribution is 0.339. The third-order valence-corrected chi connectivity index (χ3v) is 3.09. The lowest BCUT2D eigenvalue weighted by Gasteiger charge is -2.21. The fraction of sp³-hybridized carbons (Fsp3) is 0.750. The highest BCUT2D eigenvalue weighted by Crippen LogP contribution is 2.16. The first-order valence-electron chi connectivity index (χ1n) is 6.23. The molecule has 1 unspecified atom stereocenters. The minimum atomic E-state index is 0.690. The van der Waals surface area contributed by atoms with Gasteiger partial charge in [-0.2, -0.15) is 0 Å². The third-order valence-electron chi connectivity index (χ3n) is 3.09. The number of aromatic nitrogens is 1. The van der Waals surface area contributed by atoms with Gasteiger partial charge in [-0.1, -0.05) is 0 Å². The number of oxazole rings is 1. The fourth-order valence-electron chi connectivity index (χ4n) is 2.18. The van der Waals surface area contributed by atoms with E-state index in [0.29, 0.717) is 12.5 Å². The molecule has 0 aliphatic carbocycles. The predicted octanol–water partition coefficient (Wildman–Crippen LogP) is 1.11. The minimum Gasteiger partial charge on any atom is -0.446 e. The first kappa shape index (κ1) is 11.6. The van der Waals surface area contributed by atoms with Crippen molar-refractivity contribution < 1.29 is 4.42 Å². The normalized spacial score (nSPS) is 21.2. The van der Waals surface area contributed by atoms with Crippen molar-refractivity contribution >= 4 is 0 Å². The molecule has 1 atom stereocenters. The van der Waals surface area contributed by atoms with Crippen LogP contribution in [-0.4, -0.2) is 24.6 Å². The Morgan fingerprint density at radius 2 is 2.50 bits per heavy atom. The Bertz CT molecular complexity index is 305. The smallest absolute Gasteiger partial charge is 0.194 e. The highest BCUT2D eigenvalue weighted by Gasteiger charge is 2.16. The quantitative estimate of drug-likeness (QED) is 0.785. The third kappa shape index (κ3) is 3.32. The van der Waals surface area contributed by atoms with E-state index in [1.165, 1.54) is 12.8 Å². The molecule has 1 aliphatic rings. The zero-order valence-electron chi connectivity index (χ0n) is 9.74. The maximum atomic E-state index is 5.69. The van der Waals surface area contributed by atoms with Crippen LogP contribution in [-0.2, 0) is 12.8 Å². The number of nitrogens with one attached hydrogen (secondary N) is 1. The van der Waals surface area contributed by atoms with Crippen LogP contribution < -0.4 is 11.1 Å². The van der Waals surface area contributed by atoms with E-state index in [-0.39, 0.29) is 0 Å². The summed E-state index contributed by atoms with van der Waals surface area (Å²) in [4.78, 5) is 4.33. The second-order valence-corrected chi connectivity index (χ2v) is 4.53. The van der Waals surface area contributed by atoms with E-state index in [4.69, 9.17) is 10.2 Å². The molecular formula is C12H21N3O. The lowest BCUT2D eigenvalue weighted by atomic mass is 9.96. The van der Waals surface area contributed by atoms with E-state index in [2.05, 4.69) is 10.3 Å². The van der Waals surface area contributed by atoms with Crippen LogP contribution in [0.4, 0.5) is 0 Å². The molecule has 0 spiro atoms. The van der Waals surface area contributed by atoms with Gasteiger partial charge in [0.1, 0.15) is 5.76 Å². The molecule has 1 fully saturated rings. The van der Waals surface area contributed by atoms with Crippen molar-refractivity contribution in [3.05, 3.63) is 17.8 Å². The van der Waals surface area contributed by atoms with E-state index in [9.17, 15) is 0 Å². The summed E-state index contributed by atoms with van der Waals surface area (Å²) in [6.07, 6.45) is 7.25. The van der Waals surface area contributed by atoms with Gasteiger partial charge < -0.3 is 15.5 Å². The molecular weight excluding hydrogens is 202 g/mol. The van der Waals surface area contributed by atoms with E-state index >= 15 is 0 Å². The Hall–Kier alpha value is -0.870. The molecule has 1 aromatic rings. The SMILES string of the molecule is NCCCc1cnc(CC2CCCNC2)o1. The van der Waals surface area contributed by atoms with Crippen LogP contribution in [0.25, 0.3) is 0 Å². The lowest BCUT2D eigenvalue weighted by Crippen LogP contribution is -2.30. The van der Waals surface area contributed by atoms with Gasteiger partial charge in [0.25, 0.3) is 0 Å². The molecule has 1 aliphatic heterocycles. The standard InChI is InChI=1S/C12H21N3O/c13-5-1-4-11-9-15-12(16-11)7-10-3-2-6-14-8-10/h9-10,14H,1-8,13H2. The summed E-state index contributed by atoms with van der Waals surface area (Å²) in [6, 6.07) is 0. The molecule has 0 aromatic carbocycles. The summed E-state index contributed by atoms with van der Waals surface area (Å²) in [5, 5.41) is 3.41. The van der Waals surface area contributed by atoms with Crippen molar-refractivity contribution in [3.63, 3.8) is 0 Å². The zero-order chi connectivity index (χ0) is 11.2. The van der Waals surface area contributed by atoms with Crippen LogP contribution >= 0.6 is 0 Å². The van der Waals surface area contributed by atoms with Crippen LogP contribution in [0.2, 0.25) is 0 Å². The van der Waals surface area contributed by atoms with Gasteiger partial charge in [0.05, 0.1) is 6.20 Å². The largest absolute Gasteiger partial charge is 0.446 e. The van der Waals surface area contributed by atoms with Gasteiger partial charge in [-0.15, -0.1) is 0 Å². The monoisotopic (exact) mass is 223 g/mol. The average Bonchev–Trinajstić information content (AvgIpc) is 2.75. The van der Waals surface area contributed by atoms with Crippen LogP contribution in [0.3, 0.4) is 0 Å². The molecule has 0 radical (unpaired) electrons. The average molecular weight is 223 g/mol. The van der Waals surface area contributed by atoms with Crippen LogP contribution in [0.1, 0.15) is 30.9 Å². The van der Waals surface area contributed by atoms with Crippen molar-refractivity contribution in [3.8, 4) is 0 Å².